The van der Waals surface area contributed by atoms with E-state index < -0.39 is 0 Å². The lowest BCUT2D eigenvalue weighted by Gasteiger charge is -2.09. The molecule has 1 amide bonds. The minimum atomic E-state index is -0.273. The van der Waals surface area contributed by atoms with Crippen molar-refractivity contribution in [1.29, 1.82) is 5.26 Å². The molecule has 106 valence electrons. The van der Waals surface area contributed by atoms with E-state index in [1.165, 1.54) is 12.1 Å². The molecule has 0 aliphatic rings. The number of phenols is 1. The number of rotatable bonds is 4. The van der Waals surface area contributed by atoms with Gasteiger partial charge in [0.15, 0.2) is 6.61 Å². The van der Waals surface area contributed by atoms with Crippen LogP contribution in [0.15, 0.2) is 42.5 Å². The van der Waals surface area contributed by atoms with Gasteiger partial charge >= 0.3 is 0 Å². The van der Waals surface area contributed by atoms with Crippen LogP contribution < -0.4 is 10.1 Å². The van der Waals surface area contributed by atoms with Crippen molar-refractivity contribution in [3.8, 4) is 17.6 Å². The van der Waals surface area contributed by atoms with Gasteiger partial charge in [0, 0.05) is 17.3 Å². The van der Waals surface area contributed by atoms with Gasteiger partial charge in [-0.3, -0.25) is 4.79 Å². The van der Waals surface area contributed by atoms with Crippen molar-refractivity contribution in [3.63, 3.8) is 0 Å². The van der Waals surface area contributed by atoms with Gasteiger partial charge in [0.2, 0.25) is 0 Å². The number of aryl methyl sites for hydroxylation is 1. The molecule has 5 heteroatoms. The number of hydrogen-bond donors (Lipinski definition) is 2. The van der Waals surface area contributed by atoms with Crippen LogP contribution in [0.2, 0.25) is 0 Å². The van der Waals surface area contributed by atoms with E-state index in [0.29, 0.717) is 22.6 Å². The second-order valence-electron chi connectivity index (χ2n) is 4.43. The van der Waals surface area contributed by atoms with Gasteiger partial charge in [-0.15, -0.1) is 0 Å². The molecule has 0 bridgehead atoms. The zero-order valence-electron chi connectivity index (χ0n) is 11.5. The Morgan fingerprint density at radius 3 is 2.86 bits per heavy atom. The molecule has 0 atom stereocenters. The Morgan fingerprint density at radius 2 is 2.14 bits per heavy atom. The quantitative estimate of drug-likeness (QED) is 0.903. The summed E-state index contributed by atoms with van der Waals surface area (Å²) in [6.07, 6.45) is 0. The number of carbonyl (C=O) groups excluding carboxylic acids is 1. The molecule has 0 spiro atoms. The third-order valence-corrected chi connectivity index (χ3v) is 2.85. The van der Waals surface area contributed by atoms with Crippen molar-refractivity contribution < 1.29 is 14.6 Å². The SMILES string of the molecule is Cc1cc(O)ccc1C(=O)Nc1cccc(OCC#N)c1. The monoisotopic (exact) mass is 282 g/mol. The van der Waals surface area contributed by atoms with Crippen LogP contribution in [-0.4, -0.2) is 17.6 Å². The maximum atomic E-state index is 12.2. The number of carbonyl (C=O) groups is 1. The fraction of sp³-hybridized carbons (Fsp3) is 0.125. The first-order chi connectivity index (χ1) is 10.1. The number of phenolic OH excluding ortho intramolecular Hbond substituents is 1. The van der Waals surface area contributed by atoms with Crippen molar-refractivity contribution in [3.05, 3.63) is 53.6 Å². The van der Waals surface area contributed by atoms with E-state index in [0.717, 1.165) is 0 Å². The molecule has 0 unspecified atom stereocenters. The van der Waals surface area contributed by atoms with Crippen LogP contribution in [0.3, 0.4) is 0 Å². The van der Waals surface area contributed by atoms with Crippen molar-refractivity contribution >= 4 is 11.6 Å². The average Bonchev–Trinajstić information content (AvgIpc) is 2.45. The molecule has 2 aromatic carbocycles. The fourth-order valence-electron chi connectivity index (χ4n) is 1.88. The average molecular weight is 282 g/mol. The van der Waals surface area contributed by atoms with E-state index in [9.17, 15) is 9.90 Å². The predicted octanol–water partition coefficient (Wildman–Crippen LogP) is 2.86. The van der Waals surface area contributed by atoms with Gasteiger partial charge < -0.3 is 15.2 Å². The molecule has 2 rings (SSSR count). The van der Waals surface area contributed by atoms with Gasteiger partial charge in [-0.25, -0.2) is 0 Å². The number of nitrogens with zero attached hydrogens (tertiary/aromatic N) is 1. The van der Waals surface area contributed by atoms with E-state index in [1.54, 1.807) is 37.3 Å². The van der Waals surface area contributed by atoms with Crippen LogP contribution in [0.4, 0.5) is 5.69 Å². The predicted molar refractivity (Wildman–Crippen MR) is 78.3 cm³/mol. The molecule has 2 N–H and O–H groups in total. The summed E-state index contributed by atoms with van der Waals surface area (Å²) in [5.74, 6) is 0.359. The van der Waals surface area contributed by atoms with Crippen molar-refractivity contribution in [1.82, 2.24) is 0 Å². The van der Waals surface area contributed by atoms with Crippen LogP contribution in [0.1, 0.15) is 15.9 Å². The first-order valence-electron chi connectivity index (χ1n) is 6.31. The highest BCUT2D eigenvalue weighted by molar-refractivity contribution is 6.05. The number of hydrogen-bond acceptors (Lipinski definition) is 4. The Balaban J connectivity index is 2.14. The van der Waals surface area contributed by atoms with Gasteiger partial charge in [-0.1, -0.05) is 6.07 Å². The molecule has 0 heterocycles. The fourth-order valence-corrected chi connectivity index (χ4v) is 1.88. The Hall–Kier alpha value is -3.00. The Bertz CT molecular complexity index is 705. The van der Waals surface area contributed by atoms with Crippen LogP contribution in [0.5, 0.6) is 11.5 Å². The molecular weight excluding hydrogens is 268 g/mol. The number of amides is 1. The third-order valence-electron chi connectivity index (χ3n) is 2.85. The number of nitrogens with one attached hydrogen (secondary N) is 1. The van der Waals surface area contributed by atoms with Crippen LogP contribution in [0.25, 0.3) is 0 Å². The van der Waals surface area contributed by atoms with Gasteiger partial charge in [0.1, 0.15) is 17.6 Å². The number of nitriles is 1. The van der Waals surface area contributed by atoms with Crippen LogP contribution >= 0.6 is 0 Å². The smallest absolute Gasteiger partial charge is 0.255 e. The van der Waals surface area contributed by atoms with Gasteiger partial charge in [-0.2, -0.15) is 5.26 Å². The molecule has 0 aromatic heterocycles. The first kappa shape index (κ1) is 14.4. The maximum Gasteiger partial charge on any atom is 0.255 e. The van der Waals surface area contributed by atoms with Crippen molar-refractivity contribution in [2.24, 2.45) is 0 Å². The summed E-state index contributed by atoms with van der Waals surface area (Å²) in [5.41, 5.74) is 1.74. The summed E-state index contributed by atoms with van der Waals surface area (Å²) in [4.78, 5) is 12.2. The number of aromatic hydroxyl groups is 1. The highest BCUT2D eigenvalue weighted by Crippen LogP contribution is 2.20. The third kappa shape index (κ3) is 3.74. The zero-order valence-corrected chi connectivity index (χ0v) is 11.5. The lowest BCUT2D eigenvalue weighted by atomic mass is 10.1. The molecule has 0 fully saturated rings. The van der Waals surface area contributed by atoms with Gasteiger partial charge in [0.25, 0.3) is 5.91 Å². The molecule has 0 aliphatic heterocycles. The summed E-state index contributed by atoms with van der Waals surface area (Å²) < 4.78 is 5.18. The number of benzene rings is 2. The minimum Gasteiger partial charge on any atom is -0.508 e. The van der Waals surface area contributed by atoms with Gasteiger partial charge in [-0.05, 0) is 42.8 Å². The molecule has 0 saturated heterocycles. The summed E-state index contributed by atoms with van der Waals surface area (Å²) in [6.45, 7) is 1.70. The summed E-state index contributed by atoms with van der Waals surface area (Å²) in [6, 6.07) is 13.3. The second kappa shape index (κ2) is 6.44. The zero-order chi connectivity index (χ0) is 15.2. The normalized spacial score (nSPS) is 9.71. The van der Waals surface area contributed by atoms with Gasteiger partial charge in [0.05, 0.1) is 0 Å². The first-order valence-corrected chi connectivity index (χ1v) is 6.31. The van der Waals surface area contributed by atoms with Crippen LogP contribution in [-0.2, 0) is 0 Å². The summed E-state index contributed by atoms with van der Waals surface area (Å²) in [7, 11) is 0. The Labute approximate surface area is 122 Å². The number of ether oxygens (including phenoxy) is 1. The Kier molecular flexibility index (Phi) is 4.42. The lowest BCUT2D eigenvalue weighted by Crippen LogP contribution is -2.13. The minimum absolute atomic E-state index is 0.0472. The highest BCUT2D eigenvalue weighted by atomic mass is 16.5. The highest BCUT2D eigenvalue weighted by Gasteiger charge is 2.10. The summed E-state index contributed by atoms with van der Waals surface area (Å²) in [5, 5.41) is 20.6. The van der Waals surface area contributed by atoms with E-state index >= 15 is 0 Å². The van der Waals surface area contributed by atoms with Crippen molar-refractivity contribution in [2.75, 3.05) is 11.9 Å². The largest absolute Gasteiger partial charge is 0.508 e. The summed E-state index contributed by atoms with van der Waals surface area (Å²) >= 11 is 0. The van der Waals surface area contributed by atoms with E-state index in [-0.39, 0.29) is 18.3 Å². The lowest BCUT2D eigenvalue weighted by molar-refractivity contribution is 0.102. The molecular formula is C16H14N2O3. The molecule has 0 radical (unpaired) electrons. The standard InChI is InChI=1S/C16H14N2O3/c1-11-9-13(19)5-6-15(11)16(20)18-12-3-2-4-14(10-12)21-8-7-17/h2-6,9-10,19H,8H2,1H3,(H,18,20). The molecule has 2 aromatic rings. The van der Waals surface area contributed by atoms with Crippen LogP contribution in [0, 0.1) is 18.3 Å². The molecule has 0 saturated carbocycles. The number of anilines is 1. The maximum absolute atomic E-state index is 12.2. The molecule has 21 heavy (non-hydrogen) atoms. The van der Waals surface area contributed by atoms with Crippen molar-refractivity contribution in [2.45, 2.75) is 6.92 Å². The van der Waals surface area contributed by atoms with E-state index in [2.05, 4.69) is 5.32 Å². The van der Waals surface area contributed by atoms with E-state index in [1.807, 2.05) is 6.07 Å². The second-order valence-corrected chi connectivity index (χ2v) is 4.43. The topological polar surface area (TPSA) is 82.3 Å². The molecule has 5 nitrogen and oxygen atoms in total. The van der Waals surface area contributed by atoms with E-state index in [4.69, 9.17) is 10.00 Å². The Morgan fingerprint density at radius 1 is 1.33 bits per heavy atom. The molecule has 0 aliphatic carbocycles.